The highest BCUT2D eigenvalue weighted by Crippen LogP contribution is 2.36. The van der Waals surface area contributed by atoms with Gasteiger partial charge < -0.3 is 19.3 Å². The fourth-order valence-electron chi connectivity index (χ4n) is 5.23. The quantitative estimate of drug-likeness (QED) is 0.0290. The average molecular weight is 699 g/mol. The van der Waals surface area contributed by atoms with Gasteiger partial charge in [-0.15, -0.1) is 0 Å². The number of carbonyl (C=O) groups excluding carboxylic acids is 2. The molecule has 0 bridgehead atoms. The summed E-state index contributed by atoms with van der Waals surface area (Å²) in [6, 6.07) is 0. The molecule has 0 radical (unpaired) electrons. The van der Waals surface area contributed by atoms with Crippen molar-refractivity contribution in [2.45, 2.75) is 187 Å². The standard InChI is InChI=1S/C39H71O8P/c1-3-5-7-9-11-13-15-17-18-19-20-22-23-25-27-29-31-33-38(40)45-35-37(36-46-48(42,43)44)47-39(41)34-32-30-28-26-24-21-16-14-12-10-8-6-4-2/h14,16,20,22,25,27,37H,3-13,15,17-19,21,23-24,26,28-36H2,1-2H3,(H2,42,43,44)/b16-14+,22-20+,27-25+/t37-/m1/s1. The molecular weight excluding hydrogens is 627 g/mol. The molecule has 0 aliphatic rings. The van der Waals surface area contributed by atoms with Gasteiger partial charge in [-0.25, -0.2) is 4.57 Å². The van der Waals surface area contributed by atoms with Gasteiger partial charge in [0.2, 0.25) is 0 Å². The molecule has 0 spiro atoms. The predicted molar refractivity (Wildman–Crippen MR) is 198 cm³/mol. The van der Waals surface area contributed by atoms with E-state index in [1.54, 1.807) is 0 Å². The van der Waals surface area contributed by atoms with Crippen molar-refractivity contribution in [2.75, 3.05) is 13.2 Å². The zero-order valence-corrected chi connectivity index (χ0v) is 31.5. The molecule has 0 aromatic rings. The molecule has 0 saturated heterocycles. The van der Waals surface area contributed by atoms with Crippen LogP contribution in [0, 0.1) is 0 Å². The first kappa shape index (κ1) is 46.3. The lowest BCUT2D eigenvalue weighted by Crippen LogP contribution is -2.29. The number of unbranched alkanes of at least 4 members (excludes halogenated alkanes) is 19. The van der Waals surface area contributed by atoms with Crippen LogP contribution in [0.4, 0.5) is 0 Å². The zero-order chi connectivity index (χ0) is 35.4. The molecule has 1 atom stereocenters. The Morgan fingerprint density at radius 2 is 0.958 bits per heavy atom. The smallest absolute Gasteiger partial charge is 0.462 e. The maximum atomic E-state index is 12.3. The Bertz CT molecular complexity index is 879. The van der Waals surface area contributed by atoms with E-state index in [4.69, 9.17) is 19.3 Å². The second-order valence-electron chi connectivity index (χ2n) is 12.9. The van der Waals surface area contributed by atoms with Gasteiger partial charge in [-0.05, 0) is 64.2 Å². The van der Waals surface area contributed by atoms with Gasteiger partial charge in [0.25, 0.3) is 0 Å². The minimum atomic E-state index is -4.76. The molecule has 9 heteroatoms. The summed E-state index contributed by atoms with van der Waals surface area (Å²) in [7, 11) is -4.76. The van der Waals surface area contributed by atoms with Crippen LogP contribution < -0.4 is 0 Å². The molecule has 0 unspecified atom stereocenters. The van der Waals surface area contributed by atoms with Crippen molar-refractivity contribution in [1.29, 1.82) is 0 Å². The lowest BCUT2D eigenvalue weighted by molar-refractivity contribution is -0.161. The van der Waals surface area contributed by atoms with Crippen LogP contribution in [-0.2, 0) is 28.2 Å². The Labute approximate surface area is 293 Å². The first-order valence-electron chi connectivity index (χ1n) is 19.3. The normalized spacial score (nSPS) is 12.8. The van der Waals surface area contributed by atoms with Crippen LogP contribution in [0.15, 0.2) is 36.5 Å². The van der Waals surface area contributed by atoms with Crippen molar-refractivity contribution < 1.29 is 37.9 Å². The van der Waals surface area contributed by atoms with Crippen molar-refractivity contribution in [2.24, 2.45) is 0 Å². The Kier molecular flexibility index (Phi) is 33.8. The third-order valence-corrected chi connectivity index (χ3v) is 8.62. The highest BCUT2D eigenvalue weighted by molar-refractivity contribution is 7.46. The molecule has 0 aromatic heterocycles. The molecule has 0 fully saturated rings. The maximum absolute atomic E-state index is 12.3. The summed E-state index contributed by atoms with van der Waals surface area (Å²) in [4.78, 5) is 42.7. The molecule has 0 saturated carbocycles. The molecular formula is C39H71O8P. The molecule has 0 aromatic carbocycles. The van der Waals surface area contributed by atoms with Gasteiger partial charge in [-0.2, -0.15) is 0 Å². The van der Waals surface area contributed by atoms with E-state index < -0.39 is 32.5 Å². The van der Waals surface area contributed by atoms with E-state index in [9.17, 15) is 14.2 Å². The number of phosphoric acid groups is 1. The zero-order valence-electron chi connectivity index (χ0n) is 30.6. The first-order valence-corrected chi connectivity index (χ1v) is 20.8. The molecule has 0 aliphatic carbocycles. The molecule has 48 heavy (non-hydrogen) atoms. The minimum absolute atomic E-state index is 0.193. The summed E-state index contributed by atoms with van der Waals surface area (Å²) in [5.74, 6) is -0.948. The Balaban J connectivity index is 4.03. The maximum Gasteiger partial charge on any atom is 0.469 e. The van der Waals surface area contributed by atoms with Gasteiger partial charge in [0, 0.05) is 12.8 Å². The molecule has 0 aliphatic heterocycles. The highest BCUT2D eigenvalue weighted by Gasteiger charge is 2.22. The summed E-state index contributed by atoms with van der Waals surface area (Å²) in [6.45, 7) is 3.62. The number of hydrogen-bond donors (Lipinski definition) is 2. The third-order valence-electron chi connectivity index (χ3n) is 8.13. The summed E-state index contributed by atoms with van der Waals surface area (Å²) in [6.07, 6.45) is 40.2. The number of carbonyl (C=O) groups is 2. The van der Waals surface area contributed by atoms with E-state index in [0.29, 0.717) is 12.8 Å². The van der Waals surface area contributed by atoms with Gasteiger partial charge in [0.15, 0.2) is 6.10 Å². The summed E-state index contributed by atoms with van der Waals surface area (Å²) < 4.78 is 26.2. The van der Waals surface area contributed by atoms with Crippen LogP contribution in [-0.4, -0.2) is 41.0 Å². The summed E-state index contributed by atoms with van der Waals surface area (Å²) in [5, 5.41) is 0. The van der Waals surface area contributed by atoms with E-state index >= 15 is 0 Å². The third kappa shape index (κ3) is 37.1. The van der Waals surface area contributed by atoms with Crippen molar-refractivity contribution in [3.8, 4) is 0 Å². The van der Waals surface area contributed by atoms with Gasteiger partial charge >= 0.3 is 19.8 Å². The number of rotatable bonds is 35. The number of ether oxygens (including phenoxy) is 2. The lowest BCUT2D eigenvalue weighted by atomic mass is 10.1. The van der Waals surface area contributed by atoms with Gasteiger partial charge in [0.05, 0.1) is 6.61 Å². The van der Waals surface area contributed by atoms with E-state index in [2.05, 4.69) is 54.8 Å². The van der Waals surface area contributed by atoms with Crippen LogP contribution in [0.2, 0.25) is 0 Å². The van der Waals surface area contributed by atoms with Crippen LogP contribution in [0.25, 0.3) is 0 Å². The number of esters is 2. The molecule has 2 N–H and O–H groups in total. The van der Waals surface area contributed by atoms with Crippen molar-refractivity contribution in [3.05, 3.63) is 36.5 Å². The topological polar surface area (TPSA) is 119 Å². The minimum Gasteiger partial charge on any atom is -0.462 e. The first-order chi connectivity index (χ1) is 23.3. The monoisotopic (exact) mass is 698 g/mol. The Morgan fingerprint density at radius 3 is 1.48 bits per heavy atom. The lowest BCUT2D eigenvalue weighted by Gasteiger charge is -2.18. The number of hydrogen-bond acceptors (Lipinski definition) is 6. The van der Waals surface area contributed by atoms with Gasteiger partial charge in [-0.1, -0.05) is 140 Å². The van der Waals surface area contributed by atoms with Crippen LogP contribution >= 0.6 is 7.82 Å². The number of allylic oxidation sites excluding steroid dienone is 6. The molecule has 0 amide bonds. The van der Waals surface area contributed by atoms with E-state index in [1.165, 1.54) is 83.5 Å². The van der Waals surface area contributed by atoms with Gasteiger partial charge in [-0.3, -0.25) is 14.1 Å². The second kappa shape index (κ2) is 35.1. The van der Waals surface area contributed by atoms with Crippen LogP contribution in [0.3, 0.4) is 0 Å². The van der Waals surface area contributed by atoms with E-state index in [-0.39, 0.29) is 19.4 Å². The Morgan fingerprint density at radius 1 is 0.542 bits per heavy atom. The van der Waals surface area contributed by atoms with Crippen molar-refractivity contribution >= 4 is 19.8 Å². The average Bonchev–Trinajstić information content (AvgIpc) is 3.05. The molecule has 0 heterocycles. The largest absolute Gasteiger partial charge is 0.469 e. The highest BCUT2D eigenvalue weighted by atomic mass is 31.2. The predicted octanol–water partition coefficient (Wildman–Crippen LogP) is 11.4. The second-order valence-corrected chi connectivity index (χ2v) is 14.1. The molecule has 280 valence electrons. The fourth-order valence-corrected chi connectivity index (χ4v) is 5.59. The van der Waals surface area contributed by atoms with Crippen LogP contribution in [0.5, 0.6) is 0 Å². The SMILES string of the molecule is CCCCCC/C=C/CCCCCCCC(=O)O[C@H](COC(=O)CCC/C=C/C/C=C/CCCCCCCCCCC)COP(=O)(O)O. The van der Waals surface area contributed by atoms with E-state index in [1.807, 2.05) is 0 Å². The van der Waals surface area contributed by atoms with Crippen molar-refractivity contribution in [1.82, 2.24) is 0 Å². The van der Waals surface area contributed by atoms with Crippen molar-refractivity contribution in [3.63, 3.8) is 0 Å². The van der Waals surface area contributed by atoms with E-state index in [0.717, 1.165) is 57.8 Å². The summed E-state index contributed by atoms with van der Waals surface area (Å²) in [5.41, 5.74) is 0. The molecule has 0 rings (SSSR count). The molecule has 8 nitrogen and oxygen atoms in total. The van der Waals surface area contributed by atoms with Gasteiger partial charge in [0.1, 0.15) is 6.61 Å². The summed E-state index contributed by atoms with van der Waals surface area (Å²) >= 11 is 0. The Hall–Kier alpha value is -1.73. The van der Waals surface area contributed by atoms with Crippen LogP contribution in [0.1, 0.15) is 181 Å². The number of phosphoric ester groups is 1. The fraction of sp³-hybridized carbons (Fsp3) is 0.795.